The van der Waals surface area contributed by atoms with Crippen molar-refractivity contribution in [3.05, 3.63) is 65.7 Å². The molecule has 0 amide bonds. The van der Waals surface area contributed by atoms with Crippen molar-refractivity contribution in [2.24, 2.45) is 4.40 Å². The molecule has 0 saturated heterocycles. The highest BCUT2D eigenvalue weighted by molar-refractivity contribution is 7.90. The Morgan fingerprint density at radius 1 is 0.913 bits per heavy atom. The lowest BCUT2D eigenvalue weighted by Crippen LogP contribution is -2.12. The van der Waals surface area contributed by atoms with Crippen molar-refractivity contribution in [2.75, 3.05) is 0 Å². The zero-order valence-corrected chi connectivity index (χ0v) is 12.9. The summed E-state index contributed by atoms with van der Waals surface area (Å²) in [6.07, 6.45) is -0.444. The fraction of sp³-hybridized carbons (Fsp3) is 0.118. The van der Waals surface area contributed by atoms with E-state index >= 15 is 0 Å². The molecule has 0 bridgehead atoms. The van der Waals surface area contributed by atoms with Crippen LogP contribution in [-0.4, -0.2) is 25.7 Å². The lowest BCUT2D eigenvalue weighted by atomic mass is 10.00. The molecule has 0 aromatic heterocycles. The lowest BCUT2D eigenvalue weighted by Gasteiger charge is -2.02. The van der Waals surface area contributed by atoms with E-state index in [9.17, 15) is 18.0 Å². The first-order chi connectivity index (χ1) is 11.0. The fourth-order valence-corrected chi connectivity index (χ4v) is 3.72. The van der Waals surface area contributed by atoms with Crippen LogP contribution >= 0.6 is 0 Å². The van der Waals surface area contributed by atoms with Crippen molar-refractivity contribution in [3.8, 4) is 0 Å². The Balaban J connectivity index is 1.76. The normalized spacial score (nSPS) is 14.9. The van der Waals surface area contributed by atoms with Crippen molar-refractivity contribution in [2.45, 2.75) is 17.7 Å². The van der Waals surface area contributed by atoms with Gasteiger partial charge >= 0.3 is 0 Å². The Kier molecular flexibility index (Phi) is 3.92. The average molecular weight is 327 g/mol. The summed E-state index contributed by atoms with van der Waals surface area (Å²) in [7, 11) is -3.73. The molecule has 23 heavy (non-hydrogen) atoms. The molecule has 0 fully saturated rings. The number of hydrogen-bond acceptors (Lipinski definition) is 4. The Labute approximate surface area is 133 Å². The third-order valence-corrected chi connectivity index (χ3v) is 4.90. The monoisotopic (exact) mass is 327 g/mol. The molecule has 0 aliphatic carbocycles. The number of carbonyl (C=O) groups is 2. The van der Waals surface area contributed by atoms with E-state index in [2.05, 4.69) is 4.40 Å². The predicted octanol–water partition coefficient (Wildman–Crippen LogP) is 2.41. The van der Waals surface area contributed by atoms with Gasteiger partial charge in [0.05, 0.1) is 23.4 Å². The van der Waals surface area contributed by atoms with Gasteiger partial charge in [-0.25, -0.2) is 0 Å². The summed E-state index contributed by atoms with van der Waals surface area (Å²) in [6.45, 7) is 0. The van der Waals surface area contributed by atoms with Crippen molar-refractivity contribution in [1.82, 2.24) is 0 Å². The molecule has 1 heterocycles. The van der Waals surface area contributed by atoms with Crippen molar-refractivity contribution in [1.29, 1.82) is 0 Å². The minimum Gasteiger partial charge on any atom is -0.299 e. The van der Waals surface area contributed by atoms with Gasteiger partial charge in [0.25, 0.3) is 10.0 Å². The molecular weight excluding hydrogens is 314 g/mol. The van der Waals surface area contributed by atoms with Crippen LogP contribution in [0.15, 0.2) is 63.9 Å². The smallest absolute Gasteiger partial charge is 0.283 e. The van der Waals surface area contributed by atoms with Gasteiger partial charge in [0.2, 0.25) is 0 Å². The predicted molar refractivity (Wildman–Crippen MR) is 85.2 cm³/mol. The highest BCUT2D eigenvalue weighted by Crippen LogP contribution is 2.27. The van der Waals surface area contributed by atoms with Gasteiger partial charge in [-0.1, -0.05) is 48.5 Å². The number of nitrogens with zero attached hydrogens (tertiary/aromatic N) is 1. The number of fused-ring (bicyclic) bond motifs is 1. The summed E-state index contributed by atoms with van der Waals surface area (Å²) < 4.78 is 27.5. The molecule has 5 nitrogen and oxygen atoms in total. The van der Waals surface area contributed by atoms with Gasteiger partial charge in [0, 0.05) is 11.1 Å². The van der Waals surface area contributed by atoms with E-state index in [4.69, 9.17) is 0 Å². The second-order valence-corrected chi connectivity index (χ2v) is 6.76. The first kappa shape index (κ1) is 15.3. The fourth-order valence-electron chi connectivity index (χ4n) is 2.46. The minimum absolute atomic E-state index is 0.109. The zero-order valence-electron chi connectivity index (χ0n) is 12.1. The molecule has 0 unspecified atom stereocenters. The van der Waals surface area contributed by atoms with E-state index < -0.39 is 10.0 Å². The number of hydrogen-bond donors (Lipinski definition) is 0. The molecule has 1 aliphatic rings. The van der Waals surface area contributed by atoms with Gasteiger partial charge in [-0.3, -0.25) is 9.59 Å². The van der Waals surface area contributed by atoms with Gasteiger partial charge in [-0.05, 0) is 6.07 Å². The number of rotatable bonds is 5. The highest BCUT2D eigenvalue weighted by Gasteiger charge is 2.29. The molecule has 116 valence electrons. The van der Waals surface area contributed by atoms with Crippen LogP contribution in [0.25, 0.3) is 0 Å². The maximum atomic E-state index is 12.1. The standard InChI is InChI=1S/C17H13NO4S/c19-13(11-16(20)12-6-2-1-3-7-12)10-15-14-8-4-5-9-17(14)23(21,22)18-15/h1-9H,10-11H2. The van der Waals surface area contributed by atoms with Gasteiger partial charge in [-0.15, -0.1) is 0 Å². The van der Waals surface area contributed by atoms with E-state index in [1.165, 1.54) is 6.07 Å². The molecule has 1 aliphatic heterocycles. The molecule has 0 saturated carbocycles. The molecule has 0 radical (unpaired) electrons. The van der Waals surface area contributed by atoms with Crippen LogP contribution in [0.5, 0.6) is 0 Å². The maximum absolute atomic E-state index is 12.1. The summed E-state index contributed by atoms with van der Waals surface area (Å²) in [5.74, 6) is -0.644. The molecule has 3 rings (SSSR count). The second kappa shape index (κ2) is 5.89. The minimum atomic E-state index is -3.73. The molecule has 0 atom stereocenters. The first-order valence-corrected chi connectivity index (χ1v) is 8.44. The van der Waals surface area contributed by atoms with Gasteiger partial charge in [0.1, 0.15) is 5.78 Å². The van der Waals surface area contributed by atoms with E-state index in [0.29, 0.717) is 11.1 Å². The summed E-state index contributed by atoms with van der Waals surface area (Å²) >= 11 is 0. The van der Waals surface area contributed by atoms with Crippen molar-refractivity contribution < 1.29 is 18.0 Å². The van der Waals surface area contributed by atoms with E-state index in [1.807, 2.05) is 0 Å². The van der Waals surface area contributed by atoms with E-state index in [1.54, 1.807) is 48.5 Å². The Hall–Kier alpha value is -2.60. The quantitative estimate of drug-likeness (QED) is 0.624. The molecule has 0 spiro atoms. The number of Topliss-reactive ketones (excluding diaryl/α,β-unsaturated/α-hetero) is 2. The third-order valence-electron chi connectivity index (χ3n) is 3.52. The topological polar surface area (TPSA) is 80.6 Å². The van der Waals surface area contributed by atoms with E-state index in [0.717, 1.165) is 0 Å². The van der Waals surface area contributed by atoms with Crippen LogP contribution < -0.4 is 0 Å². The average Bonchev–Trinajstić information content (AvgIpc) is 2.79. The largest absolute Gasteiger partial charge is 0.299 e. The number of sulfonamides is 1. The van der Waals surface area contributed by atoms with Crippen LogP contribution in [0.3, 0.4) is 0 Å². The summed E-state index contributed by atoms with van der Waals surface area (Å²) in [4.78, 5) is 24.2. The Morgan fingerprint density at radius 3 is 2.30 bits per heavy atom. The number of benzene rings is 2. The number of carbonyl (C=O) groups excluding carboxylic acids is 2. The van der Waals surface area contributed by atoms with Crippen LogP contribution in [0.2, 0.25) is 0 Å². The van der Waals surface area contributed by atoms with Gasteiger partial charge in [-0.2, -0.15) is 12.8 Å². The Morgan fingerprint density at radius 2 is 1.57 bits per heavy atom. The summed E-state index contributed by atoms with van der Waals surface area (Å²) in [6, 6.07) is 14.9. The molecule has 0 N–H and O–H groups in total. The van der Waals surface area contributed by atoms with Crippen molar-refractivity contribution in [3.63, 3.8) is 0 Å². The summed E-state index contributed by atoms with van der Waals surface area (Å²) in [5, 5.41) is 0. The Bertz CT molecular complexity index is 915. The maximum Gasteiger partial charge on any atom is 0.283 e. The molecule has 6 heteroatoms. The second-order valence-electron chi connectivity index (χ2n) is 5.19. The zero-order chi connectivity index (χ0) is 16.4. The molecule has 2 aromatic rings. The van der Waals surface area contributed by atoms with Crippen LogP contribution in [-0.2, 0) is 14.8 Å². The molecule has 2 aromatic carbocycles. The third kappa shape index (κ3) is 3.12. The number of ketones is 2. The van der Waals surface area contributed by atoms with Crippen LogP contribution in [0.4, 0.5) is 0 Å². The van der Waals surface area contributed by atoms with E-state index in [-0.39, 0.29) is 35.0 Å². The van der Waals surface area contributed by atoms with Crippen molar-refractivity contribution >= 4 is 27.3 Å². The first-order valence-electron chi connectivity index (χ1n) is 7.00. The molecular formula is C17H13NO4S. The van der Waals surface area contributed by atoms with Gasteiger partial charge in [0.15, 0.2) is 5.78 Å². The summed E-state index contributed by atoms with van der Waals surface area (Å²) in [5.41, 5.74) is 1.10. The highest BCUT2D eigenvalue weighted by atomic mass is 32.2. The lowest BCUT2D eigenvalue weighted by molar-refractivity contribution is -0.117. The van der Waals surface area contributed by atoms with Crippen LogP contribution in [0, 0.1) is 0 Å². The van der Waals surface area contributed by atoms with Gasteiger partial charge < -0.3 is 0 Å². The van der Waals surface area contributed by atoms with Crippen LogP contribution in [0.1, 0.15) is 28.8 Å². The SMILES string of the molecule is O=C(CC(=O)c1ccccc1)CC1=NS(=O)(=O)c2ccccc21.